The maximum Gasteiger partial charge on any atom is 0.246 e. The lowest BCUT2D eigenvalue weighted by molar-refractivity contribution is -0.144. The van der Waals surface area contributed by atoms with Crippen LogP contribution in [0.2, 0.25) is 0 Å². The number of anilines is 2. The van der Waals surface area contributed by atoms with E-state index in [1.165, 1.54) is 11.1 Å². The molecule has 4 N–H and O–H groups in total. The number of rotatable bonds is 17. The first-order valence-corrected chi connectivity index (χ1v) is 29.8. The lowest BCUT2D eigenvalue weighted by Gasteiger charge is -2.40. The van der Waals surface area contributed by atoms with E-state index in [2.05, 4.69) is 40.3 Å². The van der Waals surface area contributed by atoms with Crippen molar-refractivity contribution in [3.63, 3.8) is 0 Å². The molecule has 4 aliphatic rings. The van der Waals surface area contributed by atoms with E-state index < -0.39 is 75.6 Å². The van der Waals surface area contributed by atoms with Crippen LogP contribution in [0.3, 0.4) is 0 Å². The zero-order valence-electron chi connectivity index (χ0n) is 46.6. The third-order valence-corrected chi connectivity index (χ3v) is 18.1. The Balaban J connectivity index is 0.687. The zero-order valence-corrected chi connectivity index (χ0v) is 48.2. The summed E-state index contributed by atoms with van der Waals surface area (Å²) in [4.78, 5) is 76.9. The number of likely N-dealkylation sites (tertiary alicyclic amines) is 2. The highest BCUT2D eigenvalue weighted by molar-refractivity contribution is 7.80. The van der Waals surface area contributed by atoms with E-state index in [1.807, 2.05) is 88.7 Å². The maximum absolute atomic E-state index is 16.1. The average molecular weight is 1170 g/mol. The molecule has 0 saturated carbocycles. The fourth-order valence-corrected chi connectivity index (χ4v) is 13.2. The molecular weight excluding hydrogens is 1100 g/mol. The largest absolute Gasteiger partial charge is 0.754 e. The van der Waals surface area contributed by atoms with Crippen molar-refractivity contribution in [1.82, 2.24) is 45.3 Å². The fourth-order valence-electron chi connectivity index (χ4n) is 11.7. The molecule has 436 valence electrons. The molecule has 4 fully saturated rings. The molecule has 3 amide bonds. The van der Waals surface area contributed by atoms with Crippen LogP contribution >= 0.6 is 11.3 Å². The Labute approximate surface area is 481 Å². The minimum atomic E-state index is -3.08. The number of carbonyl (C=O) groups is 4. The van der Waals surface area contributed by atoms with E-state index >= 15 is 8.78 Å². The van der Waals surface area contributed by atoms with Gasteiger partial charge in [0.25, 0.3) is 0 Å². The van der Waals surface area contributed by atoms with Crippen molar-refractivity contribution < 1.29 is 46.2 Å². The molecule has 23 heteroatoms. The molecule has 3 aromatic carbocycles. The van der Waals surface area contributed by atoms with Crippen LogP contribution in [0.15, 0.2) is 84.6 Å². The number of aromatic nitrogens is 3. The Morgan fingerprint density at radius 2 is 1.60 bits per heavy atom. The van der Waals surface area contributed by atoms with Crippen LogP contribution in [-0.2, 0) is 25.7 Å². The molecule has 0 spiro atoms. The van der Waals surface area contributed by atoms with Gasteiger partial charge in [0.05, 0.1) is 58.1 Å². The van der Waals surface area contributed by atoms with E-state index in [0.717, 1.165) is 109 Å². The number of benzene rings is 3. The van der Waals surface area contributed by atoms with Crippen LogP contribution in [0.4, 0.5) is 24.5 Å². The topological polar surface area (TPSA) is 214 Å². The number of piperidine rings is 1. The highest BCUT2D eigenvalue weighted by atomic mass is 32.2. The van der Waals surface area contributed by atoms with Gasteiger partial charge in [-0.3, -0.25) is 33.2 Å². The quantitative estimate of drug-likeness (QED) is 0.0539. The SMILES string of the molecule is Cc1ncsc1-c1ccc([C@@H](C)NC(=O)[C@@H]2C[C@@H](O)CN2C(=O)[C@@H](NC(=O)CN2CCC(CN3CCN(c4ccc(-c5cnc6[nH]cc(C(=O)c7c(F)ccc(N(N8CC[C@@H](F)C8)S(=O)[O-])c7F)c6c5)cc4)CC3)CC2)C(C)(C)C)cc1. The maximum atomic E-state index is 16.1. The van der Waals surface area contributed by atoms with Gasteiger partial charge < -0.3 is 35.1 Å². The number of halogens is 3. The first kappa shape index (κ1) is 58.6. The summed E-state index contributed by atoms with van der Waals surface area (Å²) in [5.74, 6) is -4.14. The van der Waals surface area contributed by atoms with Crippen LogP contribution in [0, 0.1) is 29.9 Å². The molecule has 0 bridgehead atoms. The molecule has 6 atom stereocenters. The number of fused-ring (bicyclic) bond motifs is 1. The van der Waals surface area contributed by atoms with E-state index in [9.17, 15) is 37.4 Å². The number of amides is 3. The van der Waals surface area contributed by atoms with Crippen molar-refractivity contribution in [1.29, 1.82) is 0 Å². The summed E-state index contributed by atoms with van der Waals surface area (Å²) in [5.41, 5.74) is 5.25. The standard InChI is InChI=1S/C59H70F3N11O7S2/c1-35(38-6-8-40(9-7-38)54-36(2)65-34-81-54)66-57(77)49-27-44(74)32-72(49)58(78)55(59(3,4)5)67-50(75)33-68-19-16-37(17-20-68)30-69-22-24-70(25-23-69)43-12-10-39(11-13-43)41-26-45-46(29-64-56(45)63-28-41)53(76)51-47(61)14-15-48(52(51)62)73(82(79)80)71-21-18-42(60)31-71/h6-15,26,28-29,34-35,37,42,44,49,55,74H,16-25,27,30-33H2,1-5H3,(H,63,64)(H,66,77)(H,67,75)(H,79,80)/p-1/t35-,42-,44-,49+,55-/m1/s1. The summed E-state index contributed by atoms with van der Waals surface area (Å²) in [7, 11) is 0. The molecule has 4 saturated heterocycles. The monoisotopic (exact) mass is 1160 g/mol. The molecule has 7 heterocycles. The van der Waals surface area contributed by atoms with Crippen LogP contribution in [0.25, 0.3) is 32.6 Å². The molecule has 4 aliphatic heterocycles. The number of pyridine rings is 1. The van der Waals surface area contributed by atoms with Crippen molar-refractivity contribution in [2.24, 2.45) is 11.3 Å². The normalized spacial score (nSPS) is 20.7. The number of piperazine rings is 1. The smallest absolute Gasteiger partial charge is 0.246 e. The Bertz CT molecular complexity index is 3330. The number of nitrogens with zero attached hydrogens (tertiary/aromatic N) is 8. The van der Waals surface area contributed by atoms with Gasteiger partial charge in [-0.2, -0.15) is 0 Å². The lowest BCUT2D eigenvalue weighted by Crippen LogP contribution is -2.59. The van der Waals surface area contributed by atoms with Gasteiger partial charge in [-0.1, -0.05) is 57.2 Å². The number of hydrazine groups is 1. The van der Waals surface area contributed by atoms with Crippen molar-refractivity contribution in [3.8, 4) is 21.6 Å². The minimum absolute atomic E-state index is 0.00588. The predicted octanol–water partition coefficient (Wildman–Crippen LogP) is 6.93. The molecule has 1 unspecified atom stereocenters. The predicted molar refractivity (Wildman–Crippen MR) is 308 cm³/mol. The number of β-amino-alcohol motifs (C(OH)–C–C–N with tert-alkyl or cyclic N) is 1. The van der Waals surface area contributed by atoms with Crippen molar-refractivity contribution in [3.05, 3.63) is 119 Å². The fraction of sp³-hybridized carbons (Fsp3) is 0.458. The molecule has 3 aromatic heterocycles. The number of aliphatic hydroxyl groups excluding tert-OH is 1. The second-order valence-electron chi connectivity index (χ2n) is 23.1. The minimum Gasteiger partial charge on any atom is -0.754 e. The van der Waals surface area contributed by atoms with Gasteiger partial charge in [-0.05, 0) is 105 Å². The van der Waals surface area contributed by atoms with Gasteiger partial charge in [0.15, 0.2) is 5.82 Å². The molecule has 10 rings (SSSR count). The highest BCUT2D eigenvalue weighted by Gasteiger charge is 2.45. The summed E-state index contributed by atoms with van der Waals surface area (Å²) in [6, 6.07) is 17.2. The molecule has 18 nitrogen and oxygen atoms in total. The lowest BCUT2D eigenvalue weighted by atomic mass is 9.85. The van der Waals surface area contributed by atoms with Crippen molar-refractivity contribution >= 4 is 68.5 Å². The van der Waals surface area contributed by atoms with Crippen LogP contribution in [0.5, 0.6) is 0 Å². The van der Waals surface area contributed by atoms with Crippen LogP contribution < -0.4 is 19.9 Å². The number of aromatic amines is 1. The Kier molecular flexibility index (Phi) is 17.6. The summed E-state index contributed by atoms with van der Waals surface area (Å²) in [6.07, 6.45) is 2.74. The molecular formula is C59H69F3N11O7S2-. The van der Waals surface area contributed by atoms with E-state index in [4.69, 9.17) is 0 Å². The Morgan fingerprint density at radius 3 is 2.24 bits per heavy atom. The molecule has 0 radical (unpaired) electrons. The Morgan fingerprint density at radius 1 is 0.890 bits per heavy atom. The van der Waals surface area contributed by atoms with Gasteiger partial charge >= 0.3 is 0 Å². The van der Waals surface area contributed by atoms with E-state index in [0.29, 0.717) is 26.9 Å². The van der Waals surface area contributed by atoms with E-state index in [-0.39, 0.29) is 62.4 Å². The number of H-pyrrole nitrogens is 1. The number of hydrogen-bond acceptors (Lipinski definition) is 14. The molecule has 0 aliphatic carbocycles. The third kappa shape index (κ3) is 12.8. The number of aryl methyl sites for hydroxylation is 1. The highest BCUT2D eigenvalue weighted by Crippen LogP contribution is 2.35. The second kappa shape index (κ2) is 24.7. The van der Waals surface area contributed by atoms with Crippen LogP contribution in [0.1, 0.15) is 86.6 Å². The van der Waals surface area contributed by atoms with Gasteiger partial charge in [0.2, 0.25) is 23.5 Å². The first-order chi connectivity index (χ1) is 39.2. The first-order valence-electron chi connectivity index (χ1n) is 27.9. The molecule has 82 heavy (non-hydrogen) atoms. The second-order valence-corrected chi connectivity index (χ2v) is 24.8. The van der Waals surface area contributed by atoms with Gasteiger partial charge in [0.1, 0.15) is 35.4 Å². The van der Waals surface area contributed by atoms with Gasteiger partial charge in [0, 0.05) is 86.8 Å². The van der Waals surface area contributed by atoms with Crippen molar-refractivity contribution in [2.75, 3.05) is 81.3 Å². The number of alkyl halides is 1. The number of ketones is 1. The number of hydrogen-bond donors (Lipinski definition) is 4. The zero-order chi connectivity index (χ0) is 58.1. The third-order valence-electron chi connectivity index (χ3n) is 16.4. The van der Waals surface area contributed by atoms with Crippen molar-refractivity contribution in [2.45, 2.75) is 90.7 Å². The summed E-state index contributed by atoms with van der Waals surface area (Å²) in [6.45, 7) is 15.2. The summed E-state index contributed by atoms with van der Waals surface area (Å²) >= 11 is -1.51. The van der Waals surface area contributed by atoms with Gasteiger partial charge in [-0.15, -0.1) is 11.3 Å². The average Bonchev–Trinajstić information content (AvgIpc) is 4.35. The summed E-state index contributed by atoms with van der Waals surface area (Å²) < 4.78 is 70.4. The molecule has 6 aromatic rings. The van der Waals surface area contributed by atoms with Gasteiger partial charge in [-0.25, -0.2) is 32.6 Å². The number of carbonyl (C=O) groups excluding carboxylic acids is 4. The number of aliphatic hydroxyl groups is 1. The number of nitrogens with one attached hydrogen (secondary N) is 3. The van der Waals surface area contributed by atoms with Crippen LogP contribution in [-0.4, -0.2) is 168 Å². The van der Waals surface area contributed by atoms with E-state index in [1.54, 1.807) is 23.6 Å². The summed E-state index contributed by atoms with van der Waals surface area (Å²) in [5, 5.41) is 18.3. The Hall–Kier alpha value is -6.60. The number of thiazole rings is 1.